The summed E-state index contributed by atoms with van der Waals surface area (Å²) in [4.78, 5) is 26.6. The molecule has 0 aliphatic rings. The number of amides is 1. The molecule has 0 N–H and O–H groups in total. The predicted octanol–water partition coefficient (Wildman–Crippen LogP) is 6.96. The van der Waals surface area contributed by atoms with Crippen LogP contribution in [0, 0.1) is 0 Å². The highest BCUT2D eigenvalue weighted by atomic mass is 16.4. The van der Waals surface area contributed by atoms with Crippen LogP contribution in [0.25, 0.3) is 11.0 Å². The third-order valence-corrected chi connectivity index (χ3v) is 5.72. The van der Waals surface area contributed by atoms with Crippen molar-refractivity contribution in [3.63, 3.8) is 0 Å². The highest BCUT2D eigenvalue weighted by molar-refractivity contribution is 5.97. The first-order valence-corrected chi connectivity index (χ1v) is 12.0. The number of benzene rings is 1. The molecule has 0 radical (unpaired) electrons. The quantitative estimate of drug-likeness (QED) is 0.234. The molecular formula is C26H39NO3. The highest BCUT2D eigenvalue weighted by Crippen LogP contribution is 2.17. The second-order valence-corrected chi connectivity index (χ2v) is 8.33. The molecule has 1 aromatic heterocycles. The number of hydrogen-bond acceptors (Lipinski definition) is 3. The number of hydrogen-bond donors (Lipinski definition) is 0. The fraction of sp³-hybridized carbons (Fsp3) is 0.615. The van der Waals surface area contributed by atoms with Gasteiger partial charge >= 0.3 is 5.63 Å². The van der Waals surface area contributed by atoms with Gasteiger partial charge < -0.3 is 9.32 Å². The lowest BCUT2D eigenvalue weighted by molar-refractivity contribution is 0.0749. The first-order valence-electron chi connectivity index (χ1n) is 12.0. The molecule has 0 saturated carbocycles. The van der Waals surface area contributed by atoms with E-state index in [-0.39, 0.29) is 11.5 Å². The molecule has 0 unspecified atom stereocenters. The van der Waals surface area contributed by atoms with Gasteiger partial charge in [-0.15, -0.1) is 0 Å². The summed E-state index contributed by atoms with van der Waals surface area (Å²) in [5.41, 5.74) is 0.833. The SMILES string of the molecule is CCCCCCCCN(CCCCCCCC)C(=O)c1ccc2oc(=O)ccc2c1. The minimum absolute atomic E-state index is 0.0882. The van der Waals surface area contributed by atoms with E-state index in [2.05, 4.69) is 13.8 Å². The smallest absolute Gasteiger partial charge is 0.336 e. The molecule has 0 saturated heterocycles. The predicted molar refractivity (Wildman–Crippen MR) is 125 cm³/mol. The van der Waals surface area contributed by atoms with Crippen molar-refractivity contribution in [1.29, 1.82) is 0 Å². The van der Waals surface area contributed by atoms with E-state index in [1.165, 1.54) is 70.3 Å². The van der Waals surface area contributed by atoms with E-state index in [0.717, 1.165) is 31.3 Å². The minimum Gasteiger partial charge on any atom is -0.423 e. The van der Waals surface area contributed by atoms with Crippen molar-refractivity contribution in [2.24, 2.45) is 0 Å². The molecule has 4 heteroatoms. The Hall–Kier alpha value is -2.10. The summed E-state index contributed by atoms with van der Waals surface area (Å²) in [6.45, 7) is 6.11. The van der Waals surface area contributed by atoms with Crippen LogP contribution in [0.15, 0.2) is 39.5 Å². The molecule has 166 valence electrons. The van der Waals surface area contributed by atoms with Gasteiger partial charge in [0.25, 0.3) is 5.91 Å². The molecule has 0 spiro atoms. The monoisotopic (exact) mass is 413 g/mol. The number of fused-ring (bicyclic) bond motifs is 1. The second-order valence-electron chi connectivity index (χ2n) is 8.33. The summed E-state index contributed by atoms with van der Waals surface area (Å²) >= 11 is 0. The lowest BCUT2D eigenvalue weighted by Gasteiger charge is -2.23. The van der Waals surface area contributed by atoms with E-state index < -0.39 is 0 Å². The van der Waals surface area contributed by atoms with Gasteiger partial charge in [0.05, 0.1) is 0 Å². The van der Waals surface area contributed by atoms with Gasteiger partial charge in [-0.2, -0.15) is 0 Å². The Morgan fingerprint density at radius 1 is 0.767 bits per heavy atom. The van der Waals surface area contributed by atoms with Crippen molar-refractivity contribution in [1.82, 2.24) is 4.90 Å². The van der Waals surface area contributed by atoms with Gasteiger partial charge in [-0.25, -0.2) is 4.79 Å². The summed E-state index contributed by atoms with van der Waals surface area (Å²) < 4.78 is 5.20. The zero-order valence-corrected chi connectivity index (χ0v) is 19.0. The zero-order valence-electron chi connectivity index (χ0n) is 19.0. The number of rotatable bonds is 15. The van der Waals surface area contributed by atoms with Crippen molar-refractivity contribution >= 4 is 16.9 Å². The minimum atomic E-state index is -0.366. The molecule has 0 aliphatic heterocycles. The van der Waals surface area contributed by atoms with Crippen LogP contribution in [-0.4, -0.2) is 23.9 Å². The highest BCUT2D eigenvalue weighted by Gasteiger charge is 2.16. The lowest BCUT2D eigenvalue weighted by Crippen LogP contribution is -2.33. The molecule has 2 rings (SSSR count). The number of unbranched alkanes of at least 4 members (excludes halogenated alkanes) is 10. The average molecular weight is 414 g/mol. The molecular weight excluding hydrogens is 374 g/mol. The molecule has 30 heavy (non-hydrogen) atoms. The largest absolute Gasteiger partial charge is 0.423 e. The Balaban J connectivity index is 1.97. The van der Waals surface area contributed by atoms with Gasteiger partial charge in [-0.05, 0) is 37.1 Å². The van der Waals surface area contributed by atoms with E-state index in [4.69, 9.17) is 4.42 Å². The van der Waals surface area contributed by atoms with Crippen LogP contribution in [0.2, 0.25) is 0 Å². The Morgan fingerprint density at radius 3 is 1.93 bits per heavy atom. The molecule has 1 amide bonds. The van der Waals surface area contributed by atoms with E-state index >= 15 is 0 Å². The number of carbonyl (C=O) groups is 1. The molecule has 0 atom stereocenters. The first kappa shape index (κ1) is 24.2. The number of nitrogens with zero attached hydrogens (tertiary/aromatic N) is 1. The standard InChI is InChI=1S/C26H39NO3/c1-3-5-7-9-11-13-19-27(20-14-12-10-8-6-4-2)26(29)23-15-17-24-22(21-23)16-18-25(28)30-24/h15-18,21H,3-14,19-20H2,1-2H3. The van der Waals surface area contributed by atoms with E-state index in [1.54, 1.807) is 18.2 Å². The zero-order chi connectivity index (χ0) is 21.6. The summed E-state index contributed by atoms with van der Waals surface area (Å²) in [6.07, 6.45) is 14.7. The van der Waals surface area contributed by atoms with Gasteiger partial charge in [-0.1, -0.05) is 78.1 Å². The van der Waals surface area contributed by atoms with Crippen LogP contribution in [0.4, 0.5) is 0 Å². The van der Waals surface area contributed by atoms with Crippen LogP contribution < -0.4 is 5.63 Å². The van der Waals surface area contributed by atoms with Crippen molar-refractivity contribution in [2.75, 3.05) is 13.1 Å². The van der Waals surface area contributed by atoms with Gasteiger partial charge in [-0.3, -0.25) is 4.79 Å². The fourth-order valence-corrected chi connectivity index (χ4v) is 3.87. The molecule has 1 heterocycles. The Kier molecular flexibility index (Phi) is 11.3. The maximum absolute atomic E-state index is 13.2. The molecule has 1 aromatic carbocycles. The van der Waals surface area contributed by atoms with Crippen LogP contribution in [-0.2, 0) is 0 Å². The molecule has 2 aromatic rings. The Labute approximate surface area is 181 Å². The van der Waals surface area contributed by atoms with E-state index in [0.29, 0.717) is 11.1 Å². The maximum Gasteiger partial charge on any atom is 0.336 e. The third-order valence-electron chi connectivity index (χ3n) is 5.72. The second kappa shape index (κ2) is 14.0. The topological polar surface area (TPSA) is 50.5 Å². The summed E-state index contributed by atoms with van der Waals surface area (Å²) in [6, 6.07) is 8.49. The summed E-state index contributed by atoms with van der Waals surface area (Å²) in [5.74, 6) is 0.0882. The molecule has 4 nitrogen and oxygen atoms in total. The third kappa shape index (κ3) is 8.33. The van der Waals surface area contributed by atoms with Gasteiger partial charge in [0.2, 0.25) is 0 Å². The Morgan fingerprint density at radius 2 is 1.33 bits per heavy atom. The van der Waals surface area contributed by atoms with E-state index in [1.807, 2.05) is 11.0 Å². The lowest BCUT2D eigenvalue weighted by atomic mass is 10.1. The molecule has 0 fully saturated rings. The van der Waals surface area contributed by atoms with E-state index in [9.17, 15) is 9.59 Å². The average Bonchev–Trinajstić information content (AvgIpc) is 2.76. The van der Waals surface area contributed by atoms with Crippen LogP contribution in [0.1, 0.15) is 101 Å². The van der Waals surface area contributed by atoms with Crippen LogP contribution in [0.5, 0.6) is 0 Å². The van der Waals surface area contributed by atoms with Crippen LogP contribution in [0.3, 0.4) is 0 Å². The van der Waals surface area contributed by atoms with Crippen molar-refractivity contribution in [3.05, 3.63) is 46.3 Å². The van der Waals surface area contributed by atoms with Gasteiger partial charge in [0.15, 0.2) is 0 Å². The maximum atomic E-state index is 13.2. The molecule has 0 bridgehead atoms. The normalized spacial score (nSPS) is 11.1. The van der Waals surface area contributed by atoms with Crippen molar-refractivity contribution in [3.8, 4) is 0 Å². The summed E-state index contributed by atoms with van der Waals surface area (Å²) in [5, 5.41) is 0.791. The number of carbonyl (C=O) groups excluding carboxylic acids is 1. The van der Waals surface area contributed by atoms with Gasteiger partial charge in [0.1, 0.15) is 5.58 Å². The Bertz CT molecular complexity index is 795. The van der Waals surface area contributed by atoms with Gasteiger partial charge in [0, 0.05) is 30.1 Å². The first-order chi connectivity index (χ1) is 14.7. The summed E-state index contributed by atoms with van der Waals surface area (Å²) in [7, 11) is 0. The van der Waals surface area contributed by atoms with Crippen LogP contribution >= 0.6 is 0 Å². The molecule has 0 aliphatic carbocycles. The van der Waals surface area contributed by atoms with Crippen molar-refractivity contribution in [2.45, 2.75) is 90.9 Å². The van der Waals surface area contributed by atoms with Crippen molar-refractivity contribution < 1.29 is 9.21 Å². The fourth-order valence-electron chi connectivity index (χ4n) is 3.87.